The Morgan fingerprint density at radius 3 is 2.19 bits per heavy atom. The summed E-state index contributed by atoms with van der Waals surface area (Å²) in [6.45, 7) is -1.72. The average Bonchev–Trinajstić information content (AvgIpc) is 3.64. The average molecular weight is 747 g/mol. The van der Waals surface area contributed by atoms with Gasteiger partial charge in [0.1, 0.15) is 54.7 Å². The van der Waals surface area contributed by atoms with E-state index in [-0.39, 0.29) is 30.1 Å². The predicted molar refractivity (Wildman–Crippen MR) is 153 cm³/mol. The quantitative estimate of drug-likeness (QED) is 0.0720. The summed E-state index contributed by atoms with van der Waals surface area (Å²) < 4.78 is 67.3. The van der Waals surface area contributed by atoms with E-state index in [1.807, 2.05) is 0 Å². The van der Waals surface area contributed by atoms with Gasteiger partial charge in [-0.05, 0) is 0 Å². The molecule has 2 aromatic heterocycles. The molecule has 0 aliphatic carbocycles. The number of primary amides is 1. The highest BCUT2D eigenvalue weighted by molar-refractivity contribution is 7.61. The van der Waals surface area contributed by atoms with Crippen LogP contribution in [0.5, 0.6) is 0 Å². The fourth-order valence-electron chi connectivity index (χ4n) is 5.23. The second-order valence-electron chi connectivity index (χ2n) is 10.7. The van der Waals surface area contributed by atoms with Gasteiger partial charge >= 0.3 is 23.5 Å². The molecule has 11 atom stereocenters. The van der Waals surface area contributed by atoms with E-state index >= 15 is 0 Å². The minimum absolute atomic E-state index is 0.00735. The molecule has 48 heavy (non-hydrogen) atoms. The van der Waals surface area contributed by atoms with E-state index in [9.17, 15) is 53.4 Å². The number of aliphatic hydroxyl groups is 3. The molecule has 3 aliphatic rings. The summed E-state index contributed by atoms with van der Waals surface area (Å²) in [6, 6.07) is 0. The Hall–Kier alpha value is -2.31. The molecule has 0 radical (unpaired) electrons. The summed E-state index contributed by atoms with van der Waals surface area (Å²) >= 11 is 0. The summed E-state index contributed by atoms with van der Waals surface area (Å²) in [5, 5.41) is 31.6. The Labute approximate surface area is 269 Å². The number of imidazole rings is 1. The highest BCUT2D eigenvalue weighted by Crippen LogP contribution is 2.61. The molecule has 2 aromatic rings. The number of hydrogen-bond donors (Lipinski definition) is 9. The fourth-order valence-corrected chi connectivity index (χ4v) is 7.87. The van der Waals surface area contributed by atoms with Crippen molar-refractivity contribution < 1.29 is 80.7 Å². The number of aliphatic hydroxyl groups excluding tert-OH is 3. The van der Waals surface area contributed by atoms with Gasteiger partial charge < -0.3 is 55.8 Å². The maximum Gasteiger partial charge on any atom is 0.481 e. The van der Waals surface area contributed by atoms with Crippen LogP contribution in [-0.4, -0.2) is 134 Å². The topological polar surface area (TPSA) is 364 Å². The molecule has 2 saturated heterocycles. The fraction of sp³-hybridized carbons (Fsp3) is 0.619. The van der Waals surface area contributed by atoms with Crippen molar-refractivity contribution in [2.45, 2.75) is 49.1 Å². The van der Waals surface area contributed by atoms with Crippen molar-refractivity contribution in [3.8, 4) is 0 Å². The maximum atomic E-state index is 12.6. The highest BCUT2D eigenvalue weighted by Gasteiger charge is 2.51. The summed E-state index contributed by atoms with van der Waals surface area (Å²) in [5.74, 6) is -1.38. The lowest BCUT2D eigenvalue weighted by Gasteiger charge is -2.33. The molecule has 3 unspecified atom stereocenters. The number of rotatable bonds is 13. The van der Waals surface area contributed by atoms with Gasteiger partial charge in [0.15, 0.2) is 17.7 Å². The van der Waals surface area contributed by atoms with Gasteiger partial charge in [-0.25, -0.2) is 28.6 Å². The molecule has 5 heterocycles. The first kappa shape index (κ1) is 37.0. The Balaban J connectivity index is 1.19. The number of nitrogens with zero attached hydrogens (tertiary/aromatic N) is 5. The zero-order valence-electron chi connectivity index (χ0n) is 24.3. The molecule has 1 amide bonds. The number of carbonyl (C=O) groups excluding carboxylic acids is 1. The zero-order chi connectivity index (χ0) is 35.2. The summed E-state index contributed by atoms with van der Waals surface area (Å²) in [5.41, 5.74) is 11.2. The Kier molecular flexibility index (Phi) is 10.9. The monoisotopic (exact) mass is 747 g/mol. The van der Waals surface area contributed by atoms with E-state index in [4.69, 9.17) is 34.5 Å². The standard InChI is InChI=1S/C21H32N7O17P3/c22-17-12-19(25-7-24-17)28(8-26-12)21-16(44-46(33,34)35)14(30)11(43-21)6-41-48(38,39)45-47(36,37)40-5-10-13(29)15(31)20(42-10)27-3-1-2-9(4-27)18(23)32/h1-2,7-11,13-16,20-21,29-31H,3-6H2,(H2,23,32)(H,36,37)(H,38,39)(H2,22,24,25)(H2,33,34,35)/t9?,10-,11-,13-,14-,15-,16-,20-,21-/m1/s1. The first-order valence-electron chi connectivity index (χ1n) is 13.7. The molecule has 11 N–H and O–H groups in total. The van der Waals surface area contributed by atoms with E-state index in [1.54, 1.807) is 12.2 Å². The van der Waals surface area contributed by atoms with Crippen molar-refractivity contribution in [2.75, 3.05) is 32.0 Å². The van der Waals surface area contributed by atoms with Crippen LogP contribution in [0.2, 0.25) is 0 Å². The lowest BCUT2D eigenvalue weighted by Crippen LogP contribution is -2.49. The van der Waals surface area contributed by atoms with Crippen molar-refractivity contribution in [3.05, 3.63) is 24.8 Å². The smallest absolute Gasteiger partial charge is 0.387 e. The number of hydrogen-bond acceptors (Lipinski definition) is 18. The Morgan fingerprint density at radius 1 is 0.938 bits per heavy atom. The predicted octanol–water partition coefficient (Wildman–Crippen LogP) is -3.18. The number of amides is 1. The van der Waals surface area contributed by atoms with Gasteiger partial charge in [-0.2, -0.15) is 4.31 Å². The van der Waals surface area contributed by atoms with Gasteiger partial charge in [0.2, 0.25) is 5.91 Å². The zero-order valence-corrected chi connectivity index (χ0v) is 27.0. The largest absolute Gasteiger partial charge is 0.481 e. The van der Waals surface area contributed by atoms with Crippen molar-refractivity contribution in [1.82, 2.24) is 24.4 Å². The highest BCUT2D eigenvalue weighted by atomic mass is 31.3. The van der Waals surface area contributed by atoms with E-state index in [0.717, 1.165) is 17.2 Å². The van der Waals surface area contributed by atoms with Crippen molar-refractivity contribution in [1.29, 1.82) is 0 Å². The van der Waals surface area contributed by atoms with Crippen LogP contribution in [0.1, 0.15) is 6.23 Å². The molecule has 0 saturated carbocycles. The first-order valence-corrected chi connectivity index (χ1v) is 18.3. The molecular weight excluding hydrogens is 715 g/mol. The third-order valence-electron chi connectivity index (χ3n) is 7.45. The molecule has 5 rings (SSSR count). The lowest BCUT2D eigenvalue weighted by molar-refractivity contribution is -0.125. The second kappa shape index (κ2) is 14.1. The van der Waals surface area contributed by atoms with Gasteiger partial charge in [0.05, 0.1) is 25.5 Å². The summed E-state index contributed by atoms with van der Waals surface area (Å²) in [7, 11) is -16.2. The second-order valence-corrected chi connectivity index (χ2v) is 15.0. The van der Waals surface area contributed by atoms with Crippen molar-refractivity contribution in [2.24, 2.45) is 11.7 Å². The van der Waals surface area contributed by atoms with Crippen LogP contribution in [-0.2, 0) is 45.8 Å². The van der Waals surface area contributed by atoms with Gasteiger partial charge in [-0.1, -0.05) is 12.2 Å². The number of nitrogens with two attached hydrogens (primary N) is 2. The van der Waals surface area contributed by atoms with Crippen molar-refractivity contribution >= 4 is 46.4 Å². The lowest BCUT2D eigenvalue weighted by atomic mass is 10.0. The van der Waals surface area contributed by atoms with E-state index < -0.39 is 97.6 Å². The van der Waals surface area contributed by atoms with Gasteiger partial charge in [0, 0.05) is 13.1 Å². The van der Waals surface area contributed by atoms with Crippen LogP contribution in [0.25, 0.3) is 11.2 Å². The Morgan fingerprint density at radius 2 is 1.56 bits per heavy atom. The molecule has 27 heteroatoms. The Bertz CT molecular complexity index is 1680. The van der Waals surface area contributed by atoms with E-state index in [2.05, 4.69) is 19.3 Å². The molecule has 0 spiro atoms. The molecule has 3 aliphatic heterocycles. The molecule has 0 aromatic carbocycles. The van der Waals surface area contributed by atoms with Gasteiger partial charge in [-0.3, -0.25) is 27.8 Å². The van der Waals surface area contributed by atoms with Crippen LogP contribution in [0.15, 0.2) is 24.8 Å². The minimum atomic E-state index is -5.51. The van der Waals surface area contributed by atoms with Crippen LogP contribution in [0.4, 0.5) is 5.82 Å². The third-order valence-corrected chi connectivity index (χ3v) is 10.6. The molecule has 2 fully saturated rings. The number of anilines is 1. The SMILES string of the molecule is NC(=O)C1C=CCN([C@@H]2O[C@H](COP(=O)(O)OP(=O)(O)OC[C@H]3O[C@@H](n4cnc5c(N)ncnc54)[C@H](OP(=O)(O)O)[C@@H]3O)[C@@H](O)[C@H]2O)C1. The van der Waals surface area contributed by atoms with Crippen LogP contribution >= 0.6 is 23.5 Å². The number of nitrogen functional groups attached to an aromatic ring is 1. The van der Waals surface area contributed by atoms with E-state index in [1.165, 1.54) is 4.90 Å². The third kappa shape index (κ3) is 8.34. The molecule has 24 nitrogen and oxygen atoms in total. The summed E-state index contributed by atoms with van der Waals surface area (Å²) in [6.07, 6.45) is -7.47. The van der Waals surface area contributed by atoms with Crippen LogP contribution in [0.3, 0.4) is 0 Å². The summed E-state index contributed by atoms with van der Waals surface area (Å²) in [4.78, 5) is 63.8. The maximum absolute atomic E-state index is 12.6. The van der Waals surface area contributed by atoms with Crippen molar-refractivity contribution in [3.63, 3.8) is 0 Å². The number of fused-ring (bicyclic) bond motifs is 1. The van der Waals surface area contributed by atoms with Gasteiger partial charge in [0.25, 0.3) is 0 Å². The number of carbonyl (C=O) groups is 1. The van der Waals surface area contributed by atoms with Crippen LogP contribution < -0.4 is 11.5 Å². The molecule has 0 bridgehead atoms. The van der Waals surface area contributed by atoms with Gasteiger partial charge in [-0.15, -0.1) is 0 Å². The number of ether oxygens (including phenoxy) is 2. The van der Waals surface area contributed by atoms with E-state index in [0.29, 0.717) is 0 Å². The molecular formula is C21H32N7O17P3. The number of phosphoric acid groups is 3. The first-order chi connectivity index (χ1) is 22.4. The number of phosphoric ester groups is 3. The molecule has 268 valence electrons. The minimum Gasteiger partial charge on any atom is -0.387 e. The normalized spacial score (nSPS) is 33.9. The van der Waals surface area contributed by atoms with Crippen LogP contribution in [0, 0.1) is 5.92 Å². The number of aromatic nitrogens is 4.